The lowest BCUT2D eigenvalue weighted by Crippen LogP contribution is -2.52. The topological polar surface area (TPSA) is 57.7 Å². The zero-order valence-electron chi connectivity index (χ0n) is 15.3. The maximum absolute atomic E-state index is 13.2. The number of rotatable bonds is 2. The van der Waals surface area contributed by atoms with E-state index < -0.39 is 10.0 Å². The van der Waals surface area contributed by atoms with Crippen LogP contribution in [0, 0.1) is 5.92 Å². The van der Waals surface area contributed by atoms with Crippen molar-refractivity contribution < 1.29 is 13.2 Å². The van der Waals surface area contributed by atoms with Gasteiger partial charge in [0.1, 0.15) is 6.54 Å². The molecule has 0 spiro atoms. The van der Waals surface area contributed by atoms with Crippen molar-refractivity contribution in [3.05, 3.63) is 36.4 Å². The van der Waals surface area contributed by atoms with Gasteiger partial charge < -0.3 is 4.90 Å². The summed E-state index contributed by atoms with van der Waals surface area (Å²) in [6.07, 6.45) is 6.88. The molecule has 27 heavy (non-hydrogen) atoms. The van der Waals surface area contributed by atoms with E-state index >= 15 is 0 Å². The lowest BCUT2D eigenvalue weighted by atomic mass is 9.78. The Labute approximate surface area is 160 Å². The van der Waals surface area contributed by atoms with E-state index in [1.165, 1.54) is 23.6 Å². The van der Waals surface area contributed by atoms with Crippen LogP contribution in [0.25, 0.3) is 10.8 Å². The molecule has 5 rings (SSSR count). The average molecular weight is 385 g/mol. The zero-order valence-corrected chi connectivity index (χ0v) is 16.1. The lowest BCUT2D eigenvalue weighted by Gasteiger charge is -2.44. The Morgan fingerprint density at radius 1 is 1.00 bits per heavy atom. The molecule has 2 aliphatic heterocycles. The van der Waals surface area contributed by atoms with Gasteiger partial charge in [-0.15, -0.1) is 0 Å². The number of likely N-dealkylation sites (tertiary alicyclic amines) is 1. The van der Waals surface area contributed by atoms with Crippen LogP contribution in [0.1, 0.15) is 38.5 Å². The average Bonchev–Trinajstić information content (AvgIpc) is 2.91. The first kappa shape index (κ1) is 17.0. The molecule has 1 saturated carbocycles. The quantitative estimate of drug-likeness (QED) is 0.796. The minimum Gasteiger partial charge on any atom is -0.338 e. The van der Waals surface area contributed by atoms with E-state index in [2.05, 4.69) is 0 Å². The Morgan fingerprint density at radius 2 is 1.74 bits per heavy atom. The number of piperidine rings is 1. The Morgan fingerprint density at radius 3 is 2.59 bits per heavy atom. The lowest BCUT2D eigenvalue weighted by molar-refractivity contribution is -0.135. The summed E-state index contributed by atoms with van der Waals surface area (Å²) in [5, 5.41) is 1.64. The van der Waals surface area contributed by atoms with E-state index in [0.717, 1.165) is 36.6 Å². The molecule has 6 heteroatoms. The van der Waals surface area contributed by atoms with Gasteiger partial charge in [0, 0.05) is 18.0 Å². The summed E-state index contributed by atoms with van der Waals surface area (Å²) in [6, 6.07) is 11.2. The fraction of sp³-hybridized carbons (Fsp3) is 0.476. The highest BCUT2D eigenvalue weighted by atomic mass is 32.2. The predicted octanol–water partition coefficient (Wildman–Crippen LogP) is 3.53. The van der Waals surface area contributed by atoms with Gasteiger partial charge in [-0.1, -0.05) is 37.1 Å². The molecular weight excluding hydrogens is 360 g/mol. The van der Waals surface area contributed by atoms with Gasteiger partial charge >= 0.3 is 0 Å². The van der Waals surface area contributed by atoms with Crippen molar-refractivity contribution in [1.29, 1.82) is 0 Å². The molecule has 142 valence electrons. The third-order valence-corrected chi connectivity index (χ3v) is 8.33. The molecular formula is C21H24N2O3S. The van der Waals surface area contributed by atoms with E-state index in [9.17, 15) is 13.2 Å². The van der Waals surface area contributed by atoms with Crippen molar-refractivity contribution in [2.24, 2.45) is 5.92 Å². The minimum absolute atomic E-state index is 0.0556. The standard InChI is InChI=1S/C21H24N2O3S/c24-20(22-13-5-9-15-6-1-2-10-17(15)22)14-23-18-11-3-7-16-8-4-12-19(21(16)18)27(23,25)26/h3-4,7-8,11-12,15,17H,1-2,5-6,9-10,13-14H2. The van der Waals surface area contributed by atoms with Gasteiger partial charge in [0.2, 0.25) is 5.91 Å². The monoisotopic (exact) mass is 384 g/mol. The van der Waals surface area contributed by atoms with Crippen LogP contribution in [0.15, 0.2) is 41.3 Å². The van der Waals surface area contributed by atoms with Crippen molar-refractivity contribution in [2.75, 3.05) is 17.4 Å². The van der Waals surface area contributed by atoms with Crippen molar-refractivity contribution in [3.63, 3.8) is 0 Å². The van der Waals surface area contributed by atoms with Crippen LogP contribution < -0.4 is 4.31 Å². The van der Waals surface area contributed by atoms with Crippen molar-refractivity contribution in [3.8, 4) is 0 Å². The van der Waals surface area contributed by atoms with E-state index in [1.54, 1.807) is 12.1 Å². The van der Waals surface area contributed by atoms with Gasteiger partial charge in [0.05, 0.1) is 10.6 Å². The van der Waals surface area contributed by atoms with Crippen LogP contribution >= 0.6 is 0 Å². The Balaban J connectivity index is 1.47. The molecule has 0 bridgehead atoms. The van der Waals surface area contributed by atoms with Gasteiger partial charge in [-0.25, -0.2) is 8.42 Å². The largest absolute Gasteiger partial charge is 0.338 e. The summed E-state index contributed by atoms with van der Waals surface area (Å²) < 4.78 is 27.6. The highest BCUT2D eigenvalue weighted by Crippen LogP contribution is 2.42. The number of amides is 1. The highest BCUT2D eigenvalue weighted by molar-refractivity contribution is 7.93. The van der Waals surface area contributed by atoms with Crippen molar-refractivity contribution in [1.82, 2.24) is 4.90 Å². The molecule has 1 aliphatic carbocycles. The van der Waals surface area contributed by atoms with Crippen LogP contribution in [0.3, 0.4) is 0 Å². The molecule has 2 atom stereocenters. The second-order valence-electron chi connectivity index (χ2n) is 7.98. The normalized spacial score (nSPS) is 26.2. The molecule has 1 amide bonds. The summed E-state index contributed by atoms with van der Waals surface area (Å²) >= 11 is 0. The first-order valence-corrected chi connectivity index (χ1v) is 11.4. The maximum Gasteiger partial charge on any atom is 0.265 e. The van der Waals surface area contributed by atoms with Gasteiger partial charge in [-0.05, 0) is 49.1 Å². The summed E-state index contributed by atoms with van der Waals surface area (Å²) in [5.74, 6) is 0.534. The number of fused-ring (bicyclic) bond motifs is 1. The van der Waals surface area contributed by atoms with Gasteiger partial charge in [0.25, 0.3) is 10.0 Å². The summed E-state index contributed by atoms with van der Waals surface area (Å²) in [4.78, 5) is 15.5. The Bertz CT molecular complexity index is 1010. The summed E-state index contributed by atoms with van der Waals surface area (Å²) in [5.41, 5.74) is 0.633. The van der Waals surface area contributed by atoms with Crippen LogP contribution in [0.2, 0.25) is 0 Å². The second-order valence-corrected chi connectivity index (χ2v) is 9.82. The molecule has 0 N–H and O–H groups in total. The zero-order chi connectivity index (χ0) is 18.6. The minimum atomic E-state index is -3.68. The highest BCUT2D eigenvalue weighted by Gasteiger charge is 2.40. The van der Waals surface area contributed by atoms with Crippen molar-refractivity contribution >= 4 is 32.4 Å². The van der Waals surface area contributed by atoms with Crippen LogP contribution in [0.5, 0.6) is 0 Å². The third kappa shape index (κ3) is 2.57. The third-order valence-electron chi connectivity index (χ3n) is 6.52. The van der Waals surface area contributed by atoms with Crippen LogP contribution in [-0.4, -0.2) is 38.4 Å². The fourth-order valence-electron chi connectivity index (χ4n) is 5.28. The summed E-state index contributed by atoms with van der Waals surface area (Å²) in [6.45, 7) is 0.657. The summed E-state index contributed by atoms with van der Waals surface area (Å²) in [7, 11) is -3.68. The molecule has 2 heterocycles. The molecule has 3 aliphatic rings. The first-order valence-electron chi connectivity index (χ1n) is 9.91. The SMILES string of the molecule is O=C(CN1c2cccc3cccc(c23)S1(=O)=O)N1CCCC2CCCCC21. The van der Waals surface area contributed by atoms with E-state index in [4.69, 9.17) is 0 Å². The smallest absolute Gasteiger partial charge is 0.265 e. The Kier molecular flexibility index (Phi) is 3.93. The molecule has 2 aromatic carbocycles. The maximum atomic E-state index is 13.2. The molecule has 2 fully saturated rings. The number of anilines is 1. The molecule has 2 aromatic rings. The predicted molar refractivity (Wildman–Crippen MR) is 105 cm³/mol. The first-order chi connectivity index (χ1) is 13.1. The number of hydrogen-bond acceptors (Lipinski definition) is 3. The molecule has 1 saturated heterocycles. The van der Waals surface area contributed by atoms with Crippen LogP contribution in [-0.2, 0) is 14.8 Å². The number of sulfonamides is 1. The number of nitrogens with zero attached hydrogens (tertiary/aromatic N) is 2. The fourth-order valence-corrected chi connectivity index (χ4v) is 6.94. The molecule has 5 nitrogen and oxygen atoms in total. The molecule has 2 unspecified atom stereocenters. The second kappa shape index (κ2) is 6.23. The van der Waals surface area contributed by atoms with Crippen molar-refractivity contribution in [2.45, 2.75) is 49.5 Å². The van der Waals surface area contributed by atoms with E-state index in [0.29, 0.717) is 22.5 Å². The Hall–Kier alpha value is -2.08. The van der Waals surface area contributed by atoms with Crippen LogP contribution in [0.4, 0.5) is 5.69 Å². The van der Waals surface area contributed by atoms with E-state index in [1.807, 2.05) is 29.2 Å². The van der Waals surface area contributed by atoms with Gasteiger partial charge in [-0.3, -0.25) is 9.10 Å². The van der Waals surface area contributed by atoms with Gasteiger partial charge in [0.15, 0.2) is 0 Å². The number of carbonyl (C=O) groups excluding carboxylic acids is 1. The van der Waals surface area contributed by atoms with Gasteiger partial charge in [-0.2, -0.15) is 0 Å². The van der Waals surface area contributed by atoms with E-state index in [-0.39, 0.29) is 12.5 Å². The number of hydrogen-bond donors (Lipinski definition) is 0. The molecule has 0 aromatic heterocycles. The molecule has 0 radical (unpaired) electrons. The number of carbonyl (C=O) groups is 1. The number of benzene rings is 2.